The summed E-state index contributed by atoms with van der Waals surface area (Å²) in [7, 11) is 0. The molecule has 0 saturated carbocycles. The largest absolute Gasteiger partial charge is 0.481 e. The molecule has 1 heterocycles. The number of aliphatic hydroxyl groups is 1. The van der Waals surface area contributed by atoms with E-state index in [9.17, 15) is 9.18 Å². The molecule has 2 rings (SSSR count). The molecule has 0 bridgehead atoms. The lowest BCUT2D eigenvalue weighted by atomic mass is 10.0. The number of carboxylic acids is 1. The molecule has 6 heteroatoms. The van der Waals surface area contributed by atoms with E-state index in [-0.39, 0.29) is 24.9 Å². The van der Waals surface area contributed by atoms with Crippen molar-refractivity contribution in [2.45, 2.75) is 18.9 Å². The number of aliphatic carboxylic acids is 1. The van der Waals surface area contributed by atoms with Crippen molar-refractivity contribution < 1.29 is 24.1 Å². The van der Waals surface area contributed by atoms with E-state index in [1.807, 2.05) is 0 Å². The van der Waals surface area contributed by atoms with Gasteiger partial charge in [0.05, 0.1) is 18.6 Å². The van der Waals surface area contributed by atoms with E-state index in [1.54, 1.807) is 12.1 Å². The molecule has 1 aromatic rings. The van der Waals surface area contributed by atoms with Gasteiger partial charge in [0.2, 0.25) is 0 Å². The van der Waals surface area contributed by atoms with Crippen LogP contribution in [0.3, 0.4) is 0 Å². The molecule has 1 aliphatic heterocycles. The number of halogens is 1. The van der Waals surface area contributed by atoms with Gasteiger partial charge in [-0.2, -0.15) is 0 Å². The predicted octanol–water partition coefficient (Wildman–Crippen LogP) is 1.67. The topological polar surface area (TPSA) is 70.0 Å². The van der Waals surface area contributed by atoms with Gasteiger partial charge in [-0.3, -0.25) is 9.69 Å². The van der Waals surface area contributed by atoms with Crippen LogP contribution < -0.4 is 0 Å². The Morgan fingerprint density at radius 1 is 1.36 bits per heavy atom. The molecule has 2 atom stereocenters. The summed E-state index contributed by atoms with van der Waals surface area (Å²) in [6.07, 6.45) is 0.670. The zero-order valence-corrected chi connectivity index (χ0v) is 12.4. The minimum atomic E-state index is -0.864. The van der Waals surface area contributed by atoms with Crippen molar-refractivity contribution in [2.24, 2.45) is 5.92 Å². The van der Waals surface area contributed by atoms with E-state index < -0.39 is 11.9 Å². The number of carbonyl (C=O) groups is 1. The molecule has 1 saturated heterocycles. The highest BCUT2D eigenvalue weighted by Gasteiger charge is 2.24. The SMILES string of the molecule is O=C(O)C(CCO)CCN1CCOC(c2ccc(F)cc2)C1. The summed E-state index contributed by atoms with van der Waals surface area (Å²) in [6, 6.07) is 6.27. The second-order valence-corrected chi connectivity index (χ2v) is 5.55. The molecule has 0 radical (unpaired) electrons. The molecule has 5 nitrogen and oxygen atoms in total. The molecule has 1 aromatic carbocycles. The fraction of sp³-hybridized carbons (Fsp3) is 0.562. The number of aliphatic hydroxyl groups excluding tert-OH is 1. The summed E-state index contributed by atoms with van der Waals surface area (Å²) in [5, 5.41) is 18.0. The van der Waals surface area contributed by atoms with E-state index in [0.717, 1.165) is 12.1 Å². The van der Waals surface area contributed by atoms with Gasteiger partial charge in [0.1, 0.15) is 5.82 Å². The van der Waals surface area contributed by atoms with Gasteiger partial charge in [-0.05, 0) is 37.1 Å². The maximum atomic E-state index is 13.0. The highest BCUT2D eigenvalue weighted by molar-refractivity contribution is 5.69. The number of benzene rings is 1. The molecule has 0 aromatic heterocycles. The molecule has 22 heavy (non-hydrogen) atoms. The Hall–Kier alpha value is -1.50. The van der Waals surface area contributed by atoms with Crippen molar-refractivity contribution >= 4 is 5.97 Å². The fourth-order valence-corrected chi connectivity index (χ4v) is 2.67. The van der Waals surface area contributed by atoms with Gasteiger partial charge in [0.15, 0.2) is 0 Å². The van der Waals surface area contributed by atoms with Gasteiger partial charge in [-0.1, -0.05) is 12.1 Å². The van der Waals surface area contributed by atoms with Crippen molar-refractivity contribution in [1.82, 2.24) is 4.90 Å². The summed E-state index contributed by atoms with van der Waals surface area (Å²) < 4.78 is 18.7. The maximum Gasteiger partial charge on any atom is 0.306 e. The molecular weight excluding hydrogens is 289 g/mol. The molecule has 122 valence electrons. The molecule has 0 aliphatic carbocycles. The second-order valence-electron chi connectivity index (χ2n) is 5.55. The third kappa shape index (κ3) is 4.76. The first-order chi connectivity index (χ1) is 10.6. The number of rotatable bonds is 7. The number of ether oxygens (including phenoxy) is 1. The van der Waals surface area contributed by atoms with Crippen molar-refractivity contribution in [3.05, 3.63) is 35.6 Å². The van der Waals surface area contributed by atoms with E-state index in [4.69, 9.17) is 14.9 Å². The third-order valence-electron chi connectivity index (χ3n) is 4.01. The van der Waals surface area contributed by atoms with Crippen LogP contribution in [0.4, 0.5) is 4.39 Å². The Bertz CT molecular complexity index is 480. The summed E-state index contributed by atoms with van der Waals surface area (Å²) in [4.78, 5) is 13.2. The van der Waals surface area contributed by atoms with Crippen molar-refractivity contribution in [2.75, 3.05) is 32.8 Å². The molecule has 1 fully saturated rings. The summed E-state index contributed by atoms with van der Waals surface area (Å²) >= 11 is 0. The lowest BCUT2D eigenvalue weighted by Crippen LogP contribution is -2.39. The standard InChI is InChI=1S/C16H22FNO4/c17-14-3-1-12(2-4-14)15-11-18(8-10-22-15)7-5-13(6-9-19)16(20)21/h1-4,13,15,19H,5-11H2,(H,20,21). The zero-order valence-electron chi connectivity index (χ0n) is 12.4. The minimum Gasteiger partial charge on any atom is -0.481 e. The van der Waals surface area contributed by atoms with Gasteiger partial charge in [0.25, 0.3) is 0 Å². The van der Waals surface area contributed by atoms with E-state index in [2.05, 4.69) is 4.90 Å². The molecular formula is C16H22FNO4. The first kappa shape index (κ1) is 16.9. The van der Waals surface area contributed by atoms with Gasteiger partial charge >= 0.3 is 5.97 Å². The molecule has 2 unspecified atom stereocenters. The number of hydrogen-bond donors (Lipinski definition) is 2. The van der Waals surface area contributed by atoms with Gasteiger partial charge in [-0.25, -0.2) is 4.39 Å². The number of nitrogens with zero attached hydrogens (tertiary/aromatic N) is 1. The number of carboxylic acid groups (broad SMARTS) is 1. The van der Waals surface area contributed by atoms with Crippen LogP contribution >= 0.6 is 0 Å². The predicted molar refractivity (Wildman–Crippen MR) is 79.0 cm³/mol. The second kappa shape index (κ2) is 8.22. The van der Waals surface area contributed by atoms with Crippen LogP contribution in [0.15, 0.2) is 24.3 Å². The monoisotopic (exact) mass is 311 g/mol. The Morgan fingerprint density at radius 2 is 2.09 bits per heavy atom. The van der Waals surface area contributed by atoms with E-state index in [1.165, 1.54) is 12.1 Å². The zero-order chi connectivity index (χ0) is 15.9. The van der Waals surface area contributed by atoms with Crippen LogP contribution in [0, 0.1) is 11.7 Å². The molecule has 1 aliphatic rings. The Balaban J connectivity index is 1.87. The fourth-order valence-electron chi connectivity index (χ4n) is 2.67. The van der Waals surface area contributed by atoms with Crippen LogP contribution in [0.2, 0.25) is 0 Å². The van der Waals surface area contributed by atoms with Gasteiger partial charge in [0, 0.05) is 19.7 Å². The molecule has 2 N–H and O–H groups in total. The van der Waals surface area contributed by atoms with Crippen molar-refractivity contribution in [3.63, 3.8) is 0 Å². The van der Waals surface area contributed by atoms with Gasteiger partial charge in [-0.15, -0.1) is 0 Å². The number of hydrogen-bond acceptors (Lipinski definition) is 4. The minimum absolute atomic E-state index is 0.113. The highest BCUT2D eigenvalue weighted by atomic mass is 19.1. The van der Waals surface area contributed by atoms with Crippen LogP contribution in [0.25, 0.3) is 0 Å². The maximum absolute atomic E-state index is 13.0. The van der Waals surface area contributed by atoms with Crippen molar-refractivity contribution in [1.29, 1.82) is 0 Å². The quantitative estimate of drug-likeness (QED) is 0.801. The first-order valence-corrected chi connectivity index (χ1v) is 7.53. The van der Waals surface area contributed by atoms with Crippen LogP contribution in [0.5, 0.6) is 0 Å². The van der Waals surface area contributed by atoms with E-state index >= 15 is 0 Å². The average Bonchev–Trinajstić information content (AvgIpc) is 2.52. The lowest BCUT2D eigenvalue weighted by Gasteiger charge is -2.33. The number of morpholine rings is 1. The van der Waals surface area contributed by atoms with Crippen LogP contribution in [0.1, 0.15) is 24.5 Å². The van der Waals surface area contributed by atoms with Crippen molar-refractivity contribution in [3.8, 4) is 0 Å². The Labute approximate surface area is 129 Å². The highest BCUT2D eigenvalue weighted by Crippen LogP contribution is 2.23. The summed E-state index contributed by atoms with van der Waals surface area (Å²) in [5.41, 5.74) is 0.927. The average molecular weight is 311 g/mol. The van der Waals surface area contributed by atoms with E-state index in [0.29, 0.717) is 26.1 Å². The van der Waals surface area contributed by atoms with Crippen LogP contribution in [-0.4, -0.2) is 53.9 Å². The Kier molecular flexibility index (Phi) is 6.30. The summed E-state index contributed by atoms with van der Waals surface area (Å²) in [5.74, 6) is -1.65. The smallest absolute Gasteiger partial charge is 0.306 e. The summed E-state index contributed by atoms with van der Waals surface area (Å²) in [6.45, 7) is 2.52. The third-order valence-corrected chi connectivity index (χ3v) is 4.01. The Morgan fingerprint density at radius 3 is 2.73 bits per heavy atom. The first-order valence-electron chi connectivity index (χ1n) is 7.53. The molecule has 0 amide bonds. The van der Waals surface area contributed by atoms with Gasteiger partial charge < -0.3 is 14.9 Å². The lowest BCUT2D eigenvalue weighted by molar-refractivity contribution is -0.142. The van der Waals surface area contributed by atoms with Crippen LogP contribution in [-0.2, 0) is 9.53 Å². The molecule has 0 spiro atoms. The normalized spacial score (nSPS) is 20.7.